The Hall–Kier alpha value is -2.97. The van der Waals surface area contributed by atoms with E-state index in [1.165, 1.54) is 18.3 Å². The van der Waals surface area contributed by atoms with Crippen LogP contribution in [-0.2, 0) is 9.57 Å². The summed E-state index contributed by atoms with van der Waals surface area (Å²) in [5, 5.41) is 15.3. The summed E-state index contributed by atoms with van der Waals surface area (Å²) >= 11 is 5.92. The lowest BCUT2D eigenvalue weighted by atomic mass is 10.1. The Labute approximate surface area is 160 Å². The Morgan fingerprint density at radius 1 is 1.26 bits per heavy atom. The maximum Gasteiger partial charge on any atom is 0.367 e. The van der Waals surface area contributed by atoms with Gasteiger partial charge in [-0.1, -0.05) is 35.0 Å². The molecular formula is C18H16ClN3O5. The minimum atomic E-state index is -0.712. The minimum absolute atomic E-state index is 0.0433. The lowest BCUT2D eigenvalue weighted by molar-refractivity contribution is -0.384. The lowest BCUT2D eigenvalue weighted by Crippen LogP contribution is -2.36. The molecule has 8 nitrogen and oxygen atoms in total. The molecule has 2 aromatic carbocycles. The van der Waals surface area contributed by atoms with E-state index >= 15 is 0 Å². The number of nitro benzene ring substituents is 1. The highest BCUT2D eigenvalue weighted by atomic mass is 35.5. The third-order valence-electron chi connectivity index (χ3n) is 3.98. The van der Waals surface area contributed by atoms with Gasteiger partial charge in [-0.3, -0.25) is 10.1 Å². The summed E-state index contributed by atoms with van der Waals surface area (Å²) in [6.07, 6.45) is 1.24. The largest absolute Gasteiger partial charge is 0.378 e. The molecule has 0 saturated carbocycles. The SMILES string of the molecule is O=C(O/N=C/c1ccc(N2CCOCC2)c([N+](=O)[O-])c1)c1ccccc1Cl. The standard InChI is InChI=1S/C18H16ClN3O5/c19-15-4-2-1-3-14(15)18(23)27-20-12-13-5-6-16(17(11-13)22(24)25)21-7-9-26-10-8-21/h1-6,11-12H,7-10H2/b20-12+. The van der Waals surface area contributed by atoms with E-state index in [2.05, 4.69) is 5.16 Å². The number of morpholine rings is 1. The van der Waals surface area contributed by atoms with Crippen molar-refractivity contribution in [3.8, 4) is 0 Å². The van der Waals surface area contributed by atoms with Crippen LogP contribution in [0.2, 0.25) is 5.02 Å². The van der Waals surface area contributed by atoms with E-state index < -0.39 is 10.9 Å². The van der Waals surface area contributed by atoms with E-state index in [4.69, 9.17) is 21.2 Å². The van der Waals surface area contributed by atoms with Crippen LogP contribution in [0, 0.1) is 10.1 Å². The number of nitrogens with zero attached hydrogens (tertiary/aromatic N) is 3. The zero-order valence-corrected chi connectivity index (χ0v) is 15.0. The highest BCUT2D eigenvalue weighted by Gasteiger charge is 2.21. The lowest BCUT2D eigenvalue weighted by Gasteiger charge is -2.28. The van der Waals surface area contributed by atoms with Crippen LogP contribution in [-0.4, -0.2) is 43.4 Å². The first-order chi connectivity index (χ1) is 13.1. The molecule has 0 amide bonds. The molecule has 1 saturated heterocycles. The monoisotopic (exact) mass is 389 g/mol. The van der Waals surface area contributed by atoms with Crippen molar-refractivity contribution in [1.29, 1.82) is 0 Å². The van der Waals surface area contributed by atoms with Gasteiger partial charge in [0.15, 0.2) is 0 Å². The fraction of sp³-hybridized carbons (Fsp3) is 0.222. The smallest absolute Gasteiger partial charge is 0.367 e. The summed E-state index contributed by atoms with van der Waals surface area (Å²) in [5.41, 5.74) is 1.10. The Kier molecular flexibility index (Phi) is 6.00. The van der Waals surface area contributed by atoms with E-state index in [1.807, 2.05) is 4.90 Å². The van der Waals surface area contributed by atoms with Crippen LogP contribution in [0.3, 0.4) is 0 Å². The zero-order valence-electron chi connectivity index (χ0n) is 14.2. The third kappa shape index (κ3) is 4.60. The molecule has 3 rings (SSSR count). The summed E-state index contributed by atoms with van der Waals surface area (Å²) < 4.78 is 5.28. The fourth-order valence-corrected chi connectivity index (χ4v) is 2.86. The third-order valence-corrected chi connectivity index (χ3v) is 4.31. The Balaban J connectivity index is 1.74. The number of ether oxygens (including phenoxy) is 1. The molecule has 140 valence electrons. The molecule has 1 heterocycles. The van der Waals surface area contributed by atoms with Gasteiger partial charge in [-0.25, -0.2) is 4.79 Å². The molecule has 1 fully saturated rings. The maximum atomic E-state index is 11.9. The van der Waals surface area contributed by atoms with Gasteiger partial charge in [0.2, 0.25) is 0 Å². The molecule has 0 aromatic heterocycles. The highest BCUT2D eigenvalue weighted by molar-refractivity contribution is 6.33. The van der Waals surface area contributed by atoms with Crippen LogP contribution in [0.5, 0.6) is 0 Å². The molecule has 1 aliphatic rings. The molecule has 0 unspecified atom stereocenters. The summed E-state index contributed by atoms with van der Waals surface area (Å²) in [6.45, 7) is 2.23. The average molecular weight is 390 g/mol. The highest BCUT2D eigenvalue weighted by Crippen LogP contribution is 2.29. The molecule has 0 atom stereocenters. The number of benzene rings is 2. The minimum Gasteiger partial charge on any atom is -0.378 e. The second-order valence-corrected chi connectivity index (χ2v) is 6.10. The summed E-state index contributed by atoms with van der Waals surface area (Å²) in [5.74, 6) is -0.712. The van der Waals surface area contributed by atoms with Crippen molar-refractivity contribution >= 4 is 35.2 Å². The van der Waals surface area contributed by atoms with Crippen molar-refractivity contribution < 1.29 is 19.3 Å². The number of oxime groups is 1. The number of hydrogen-bond donors (Lipinski definition) is 0. The van der Waals surface area contributed by atoms with E-state index in [9.17, 15) is 14.9 Å². The zero-order chi connectivity index (χ0) is 19.2. The van der Waals surface area contributed by atoms with Crippen molar-refractivity contribution in [2.75, 3.05) is 31.2 Å². The number of hydrogen-bond acceptors (Lipinski definition) is 7. The van der Waals surface area contributed by atoms with Gasteiger partial charge in [-0.15, -0.1) is 0 Å². The molecule has 0 N–H and O–H groups in total. The summed E-state index contributed by atoms with van der Waals surface area (Å²) in [6, 6.07) is 11.1. The number of rotatable bonds is 5. The van der Waals surface area contributed by atoms with E-state index in [1.54, 1.807) is 30.3 Å². The van der Waals surface area contributed by atoms with Crippen molar-refractivity contribution in [2.24, 2.45) is 5.16 Å². The van der Waals surface area contributed by atoms with Crippen LogP contribution in [0.1, 0.15) is 15.9 Å². The van der Waals surface area contributed by atoms with Crippen molar-refractivity contribution in [2.45, 2.75) is 0 Å². The Bertz CT molecular complexity index is 881. The van der Waals surface area contributed by atoms with E-state index in [0.29, 0.717) is 37.6 Å². The van der Waals surface area contributed by atoms with Gasteiger partial charge in [-0.05, 0) is 18.2 Å². The predicted molar refractivity (Wildman–Crippen MR) is 101 cm³/mol. The molecule has 9 heteroatoms. The van der Waals surface area contributed by atoms with Crippen molar-refractivity contribution in [1.82, 2.24) is 0 Å². The van der Waals surface area contributed by atoms with E-state index in [0.717, 1.165) is 0 Å². The molecule has 2 aromatic rings. The van der Waals surface area contributed by atoms with Gasteiger partial charge < -0.3 is 14.5 Å². The Morgan fingerprint density at radius 2 is 2.00 bits per heavy atom. The van der Waals surface area contributed by atoms with Gasteiger partial charge in [0.25, 0.3) is 5.69 Å². The average Bonchev–Trinajstić information content (AvgIpc) is 2.68. The molecule has 1 aliphatic heterocycles. The van der Waals surface area contributed by atoms with Crippen LogP contribution in [0.25, 0.3) is 0 Å². The van der Waals surface area contributed by atoms with Crippen molar-refractivity contribution in [3.63, 3.8) is 0 Å². The molecule has 0 spiro atoms. The summed E-state index contributed by atoms with van der Waals surface area (Å²) in [7, 11) is 0. The number of carbonyl (C=O) groups excluding carboxylic acids is 1. The molecule has 0 bridgehead atoms. The van der Waals surface area contributed by atoms with Gasteiger partial charge in [0.1, 0.15) is 5.69 Å². The second kappa shape index (κ2) is 8.61. The number of anilines is 1. The van der Waals surface area contributed by atoms with Crippen LogP contribution < -0.4 is 4.90 Å². The topological polar surface area (TPSA) is 94.3 Å². The first-order valence-electron chi connectivity index (χ1n) is 8.16. The molecular weight excluding hydrogens is 374 g/mol. The molecule has 0 aliphatic carbocycles. The van der Waals surface area contributed by atoms with E-state index in [-0.39, 0.29) is 16.3 Å². The number of halogens is 1. The van der Waals surface area contributed by atoms with Gasteiger partial charge in [0, 0.05) is 24.7 Å². The fourth-order valence-electron chi connectivity index (χ4n) is 2.65. The maximum absolute atomic E-state index is 11.9. The van der Waals surface area contributed by atoms with Gasteiger partial charge in [-0.2, -0.15) is 0 Å². The Morgan fingerprint density at radius 3 is 2.70 bits per heavy atom. The predicted octanol–water partition coefficient (Wildman–Crippen LogP) is 3.28. The van der Waals surface area contributed by atoms with Crippen LogP contribution >= 0.6 is 11.6 Å². The first-order valence-corrected chi connectivity index (χ1v) is 8.54. The van der Waals surface area contributed by atoms with Crippen molar-refractivity contribution in [3.05, 3.63) is 68.7 Å². The summed E-state index contributed by atoms with van der Waals surface area (Å²) in [4.78, 5) is 29.6. The number of carbonyl (C=O) groups is 1. The van der Waals surface area contributed by atoms with Crippen LogP contribution in [0.15, 0.2) is 47.6 Å². The first kappa shape index (κ1) is 18.8. The van der Waals surface area contributed by atoms with Gasteiger partial charge >= 0.3 is 5.97 Å². The quantitative estimate of drug-likeness (QED) is 0.337. The van der Waals surface area contributed by atoms with Gasteiger partial charge in [0.05, 0.1) is 34.9 Å². The number of nitro groups is 1. The molecule has 27 heavy (non-hydrogen) atoms. The van der Waals surface area contributed by atoms with Crippen LogP contribution in [0.4, 0.5) is 11.4 Å². The second-order valence-electron chi connectivity index (χ2n) is 5.70. The molecule has 0 radical (unpaired) electrons. The normalized spacial score (nSPS) is 14.3.